The first-order chi connectivity index (χ1) is 15.4. The van der Waals surface area contributed by atoms with E-state index in [1.807, 2.05) is 12.1 Å². The molecular formula is C23H31N3O5S. The monoisotopic (exact) mass is 461 g/mol. The number of hydrogen-bond donors (Lipinski definition) is 1. The maximum atomic E-state index is 13.1. The summed E-state index contributed by atoms with van der Waals surface area (Å²) in [5.74, 6) is -0.0793. The van der Waals surface area contributed by atoms with Gasteiger partial charge in [-0.2, -0.15) is 4.31 Å². The van der Waals surface area contributed by atoms with E-state index < -0.39 is 10.0 Å². The number of nitrogens with one attached hydrogen (secondary N) is 1. The number of morpholine rings is 1. The summed E-state index contributed by atoms with van der Waals surface area (Å²) in [4.78, 5) is 15.0. The topological polar surface area (TPSA) is 88.2 Å². The summed E-state index contributed by atoms with van der Waals surface area (Å²) in [6.45, 7) is 7.33. The van der Waals surface area contributed by atoms with E-state index in [2.05, 4.69) is 24.1 Å². The lowest BCUT2D eigenvalue weighted by molar-refractivity contribution is 0.0729. The van der Waals surface area contributed by atoms with Gasteiger partial charge in [0, 0.05) is 43.1 Å². The van der Waals surface area contributed by atoms with Gasteiger partial charge < -0.3 is 19.7 Å². The molecule has 1 heterocycles. The average Bonchev–Trinajstić information content (AvgIpc) is 2.83. The van der Waals surface area contributed by atoms with Crippen LogP contribution in [0.25, 0.3) is 0 Å². The number of amides is 1. The molecule has 2 aromatic carbocycles. The van der Waals surface area contributed by atoms with Crippen molar-refractivity contribution in [2.24, 2.45) is 0 Å². The number of anilines is 2. The quantitative estimate of drug-likeness (QED) is 0.617. The first-order valence-corrected chi connectivity index (χ1v) is 12.3. The maximum Gasteiger partial charge on any atom is 0.255 e. The van der Waals surface area contributed by atoms with Gasteiger partial charge in [-0.15, -0.1) is 0 Å². The van der Waals surface area contributed by atoms with Crippen LogP contribution >= 0.6 is 0 Å². The lowest BCUT2D eigenvalue weighted by Crippen LogP contribution is -2.40. The summed E-state index contributed by atoms with van der Waals surface area (Å²) in [5, 5.41) is 2.80. The predicted molar refractivity (Wildman–Crippen MR) is 125 cm³/mol. The highest BCUT2D eigenvalue weighted by Gasteiger charge is 2.29. The first kappa shape index (κ1) is 24.0. The molecule has 0 unspecified atom stereocenters. The summed E-state index contributed by atoms with van der Waals surface area (Å²) >= 11 is 0. The van der Waals surface area contributed by atoms with E-state index in [0.29, 0.717) is 24.5 Å². The molecule has 8 nitrogen and oxygen atoms in total. The Morgan fingerprint density at radius 2 is 1.81 bits per heavy atom. The third-order valence-corrected chi connectivity index (χ3v) is 7.30. The van der Waals surface area contributed by atoms with E-state index in [1.165, 1.54) is 17.5 Å². The van der Waals surface area contributed by atoms with Crippen LogP contribution in [0.2, 0.25) is 0 Å². The van der Waals surface area contributed by atoms with Crippen LogP contribution < -0.4 is 15.0 Å². The van der Waals surface area contributed by atoms with Gasteiger partial charge in [0.15, 0.2) is 0 Å². The molecule has 0 aliphatic carbocycles. The number of carbonyl (C=O) groups is 1. The highest BCUT2D eigenvalue weighted by atomic mass is 32.2. The first-order valence-electron chi connectivity index (χ1n) is 10.8. The zero-order valence-corrected chi connectivity index (χ0v) is 19.7. The van der Waals surface area contributed by atoms with Gasteiger partial charge in [-0.3, -0.25) is 4.79 Å². The van der Waals surface area contributed by atoms with Gasteiger partial charge in [0.05, 0.1) is 20.3 Å². The standard InChI is InChI=1S/C23H31N3O5S/c1-4-12-25(5-2)20-9-6-18(7-10-20)23(27)24-19-8-11-21(30-3)22(17-19)32(28,29)26-13-15-31-16-14-26/h6-11,17H,4-5,12-16H2,1-3H3,(H,24,27). The molecule has 1 amide bonds. The van der Waals surface area contributed by atoms with Gasteiger partial charge in [-0.05, 0) is 55.8 Å². The Morgan fingerprint density at radius 3 is 2.41 bits per heavy atom. The zero-order chi connectivity index (χ0) is 23.1. The number of rotatable bonds is 9. The SMILES string of the molecule is CCCN(CC)c1ccc(C(=O)Nc2ccc(OC)c(S(=O)(=O)N3CCOCC3)c2)cc1. The van der Waals surface area contributed by atoms with Crippen molar-refractivity contribution in [1.29, 1.82) is 0 Å². The van der Waals surface area contributed by atoms with E-state index >= 15 is 0 Å². The number of benzene rings is 2. The molecule has 0 spiro atoms. The third-order valence-electron chi connectivity index (χ3n) is 5.38. The molecule has 174 valence electrons. The van der Waals surface area contributed by atoms with Gasteiger partial charge >= 0.3 is 0 Å². The molecule has 32 heavy (non-hydrogen) atoms. The Hall–Kier alpha value is -2.62. The Morgan fingerprint density at radius 1 is 1.12 bits per heavy atom. The fourth-order valence-electron chi connectivity index (χ4n) is 3.65. The maximum absolute atomic E-state index is 13.1. The second-order valence-corrected chi connectivity index (χ2v) is 9.37. The van der Waals surface area contributed by atoms with Crippen LogP contribution in [0.3, 0.4) is 0 Å². The molecule has 0 saturated carbocycles. The molecule has 1 N–H and O–H groups in total. The number of methoxy groups -OCH3 is 1. The second kappa shape index (κ2) is 10.8. The number of sulfonamides is 1. The highest BCUT2D eigenvalue weighted by molar-refractivity contribution is 7.89. The van der Waals surface area contributed by atoms with Crippen molar-refractivity contribution >= 4 is 27.3 Å². The highest BCUT2D eigenvalue weighted by Crippen LogP contribution is 2.30. The Kier molecular flexibility index (Phi) is 8.11. The second-order valence-electron chi connectivity index (χ2n) is 7.46. The molecule has 1 fully saturated rings. The van der Waals surface area contributed by atoms with E-state index in [9.17, 15) is 13.2 Å². The normalized spacial score (nSPS) is 14.7. The fraction of sp³-hybridized carbons (Fsp3) is 0.435. The van der Waals surface area contributed by atoms with Gasteiger partial charge in [0.2, 0.25) is 10.0 Å². The zero-order valence-electron chi connectivity index (χ0n) is 18.8. The van der Waals surface area contributed by atoms with Crippen LogP contribution in [0.4, 0.5) is 11.4 Å². The van der Waals surface area contributed by atoms with Crippen molar-refractivity contribution in [2.45, 2.75) is 25.2 Å². The molecule has 1 aliphatic heterocycles. The average molecular weight is 462 g/mol. The van der Waals surface area contributed by atoms with Crippen molar-refractivity contribution in [1.82, 2.24) is 4.31 Å². The van der Waals surface area contributed by atoms with Gasteiger partial charge in [0.1, 0.15) is 10.6 Å². The lowest BCUT2D eigenvalue weighted by atomic mass is 10.1. The van der Waals surface area contributed by atoms with E-state index in [4.69, 9.17) is 9.47 Å². The molecular weight excluding hydrogens is 430 g/mol. The van der Waals surface area contributed by atoms with E-state index in [1.54, 1.807) is 24.3 Å². The summed E-state index contributed by atoms with van der Waals surface area (Å²) in [5.41, 5.74) is 1.94. The molecule has 0 aromatic heterocycles. The van der Waals surface area contributed by atoms with Crippen molar-refractivity contribution < 1.29 is 22.7 Å². The van der Waals surface area contributed by atoms with Crippen LogP contribution in [0.1, 0.15) is 30.6 Å². The van der Waals surface area contributed by atoms with Gasteiger partial charge in [0.25, 0.3) is 5.91 Å². The number of nitrogens with zero attached hydrogens (tertiary/aromatic N) is 2. The Balaban J connectivity index is 1.80. The van der Waals surface area contributed by atoms with Crippen LogP contribution in [-0.4, -0.2) is 65.1 Å². The summed E-state index contributed by atoms with van der Waals surface area (Å²) in [6, 6.07) is 12.0. The van der Waals surface area contributed by atoms with Crippen LogP contribution in [0, 0.1) is 0 Å². The summed E-state index contributed by atoms with van der Waals surface area (Å²) in [7, 11) is -2.36. The molecule has 0 atom stereocenters. The van der Waals surface area contributed by atoms with E-state index in [-0.39, 0.29) is 29.6 Å². The minimum absolute atomic E-state index is 0.0215. The third kappa shape index (κ3) is 5.40. The molecule has 0 bridgehead atoms. The minimum atomic E-state index is -3.78. The fourth-order valence-corrected chi connectivity index (χ4v) is 5.24. The molecule has 0 radical (unpaired) electrons. The molecule has 1 saturated heterocycles. The molecule has 3 rings (SSSR count). The van der Waals surface area contributed by atoms with Crippen LogP contribution in [0.5, 0.6) is 5.75 Å². The number of hydrogen-bond acceptors (Lipinski definition) is 6. The summed E-state index contributed by atoms with van der Waals surface area (Å²) < 4.78 is 38.2. The van der Waals surface area contributed by atoms with Gasteiger partial charge in [-0.1, -0.05) is 6.92 Å². The van der Waals surface area contributed by atoms with E-state index in [0.717, 1.165) is 25.2 Å². The van der Waals surface area contributed by atoms with Crippen LogP contribution in [-0.2, 0) is 14.8 Å². The molecule has 2 aromatic rings. The number of ether oxygens (including phenoxy) is 2. The largest absolute Gasteiger partial charge is 0.495 e. The van der Waals surface area contributed by atoms with Gasteiger partial charge in [-0.25, -0.2) is 8.42 Å². The van der Waals surface area contributed by atoms with Crippen molar-refractivity contribution in [3.8, 4) is 5.75 Å². The molecule has 1 aliphatic rings. The predicted octanol–water partition coefficient (Wildman–Crippen LogP) is 3.20. The van der Waals surface area contributed by atoms with Crippen molar-refractivity contribution in [2.75, 3.05) is 56.7 Å². The Labute approximate surface area is 190 Å². The Bertz CT molecular complexity index is 1020. The smallest absolute Gasteiger partial charge is 0.255 e. The van der Waals surface area contributed by atoms with Crippen LogP contribution in [0.15, 0.2) is 47.4 Å². The van der Waals surface area contributed by atoms with Crippen molar-refractivity contribution in [3.63, 3.8) is 0 Å². The number of carbonyl (C=O) groups excluding carboxylic acids is 1. The minimum Gasteiger partial charge on any atom is -0.495 e. The molecule has 9 heteroatoms. The van der Waals surface area contributed by atoms with Crippen molar-refractivity contribution in [3.05, 3.63) is 48.0 Å². The summed E-state index contributed by atoms with van der Waals surface area (Å²) in [6.07, 6.45) is 1.04. The lowest BCUT2D eigenvalue weighted by Gasteiger charge is -2.26.